The van der Waals surface area contributed by atoms with E-state index >= 15 is 0 Å². The summed E-state index contributed by atoms with van der Waals surface area (Å²) in [4.78, 5) is 53.8. The third kappa shape index (κ3) is 3.49. The van der Waals surface area contributed by atoms with Crippen LogP contribution in [-0.4, -0.2) is 39.6 Å². The molecule has 2 fully saturated rings. The average Bonchev–Trinajstić information content (AvgIpc) is 3.49. The van der Waals surface area contributed by atoms with Crippen LogP contribution in [0.2, 0.25) is 10.0 Å². The number of hydrogen-bond acceptors (Lipinski definition) is 4. The highest BCUT2D eigenvalue weighted by molar-refractivity contribution is 6.31. The van der Waals surface area contributed by atoms with E-state index in [1.807, 2.05) is 12.2 Å². The number of ketones is 1. The number of imide groups is 1. The fourth-order valence-electron chi connectivity index (χ4n) is 5.23. The molecule has 0 unspecified atom stereocenters. The molecule has 5 rings (SSSR count). The van der Waals surface area contributed by atoms with Gasteiger partial charge in [-0.05, 0) is 73.7 Å². The van der Waals surface area contributed by atoms with Crippen molar-refractivity contribution in [2.75, 3.05) is 0 Å². The summed E-state index contributed by atoms with van der Waals surface area (Å²) in [5, 5.41) is 2.84. The van der Waals surface area contributed by atoms with Gasteiger partial charge >= 0.3 is 0 Å². The Balaban J connectivity index is 1.54. The molecule has 0 radical (unpaired) electrons. The van der Waals surface area contributed by atoms with Gasteiger partial charge in [0.25, 0.3) is 17.7 Å². The molecule has 0 N–H and O–H groups in total. The zero-order chi connectivity index (χ0) is 23.4. The molecular formula is C25H20Cl2N2O4. The number of hydrogen-bond donors (Lipinski definition) is 0. The van der Waals surface area contributed by atoms with Crippen molar-refractivity contribution in [1.29, 1.82) is 0 Å². The maximum Gasteiger partial charge on any atom is 0.273 e. The third-order valence-corrected chi connectivity index (χ3v) is 7.34. The fourth-order valence-corrected chi connectivity index (χ4v) is 5.48. The number of rotatable bonds is 5. The van der Waals surface area contributed by atoms with Crippen LogP contribution in [-0.2, 0) is 9.59 Å². The van der Waals surface area contributed by atoms with Crippen molar-refractivity contribution in [3.05, 3.63) is 81.9 Å². The minimum Gasteiger partial charge on any atom is -0.292 e. The summed E-state index contributed by atoms with van der Waals surface area (Å²) in [7, 11) is 0. The van der Waals surface area contributed by atoms with Crippen molar-refractivity contribution in [3.8, 4) is 0 Å². The molecule has 1 saturated carbocycles. The number of allylic oxidation sites excluding steroid dienone is 2. The third-order valence-electron chi connectivity index (χ3n) is 6.84. The Labute approximate surface area is 200 Å². The van der Waals surface area contributed by atoms with Crippen LogP contribution in [0.25, 0.3) is 0 Å². The lowest BCUT2D eigenvalue weighted by atomic mass is 9.85. The van der Waals surface area contributed by atoms with Crippen LogP contribution in [0.3, 0.4) is 0 Å². The first-order valence-corrected chi connectivity index (χ1v) is 11.5. The molecular weight excluding hydrogens is 463 g/mol. The molecule has 3 amide bonds. The Hall–Kier alpha value is -2.96. The van der Waals surface area contributed by atoms with Crippen LogP contribution in [0.1, 0.15) is 34.1 Å². The summed E-state index contributed by atoms with van der Waals surface area (Å²) in [6.45, 7) is 1.52. The molecule has 2 aromatic carbocycles. The highest BCUT2D eigenvalue weighted by Gasteiger charge is 2.61. The monoisotopic (exact) mass is 482 g/mol. The Morgan fingerprint density at radius 2 is 1.30 bits per heavy atom. The predicted molar refractivity (Wildman–Crippen MR) is 122 cm³/mol. The van der Waals surface area contributed by atoms with Gasteiger partial charge < -0.3 is 0 Å². The van der Waals surface area contributed by atoms with E-state index in [0.29, 0.717) is 15.6 Å². The van der Waals surface area contributed by atoms with Gasteiger partial charge in [0.15, 0.2) is 5.78 Å². The second kappa shape index (κ2) is 8.12. The van der Waals surface area contributed by atoms with E-state index in [-0.39, 0.29) is 17.4 Å². The number of benzene rings is 2. The summed E-state index contributed by atoms with van der Waals surface area (Å²) >= 11 is 11.9. The molecule has 0 aromatic heterocycles. The van der Waals surface area contributed by atoms with E-state index in [2.05, 4.69) is 0 Å². The minimum atomic E-state index is -1.10. The van der Waals surface area contributed by atoms with Crippen molar-refractivity contribution >= 4 is 46.7 Å². The zero-order valence-electron chi connectivity index (χ0n) is 17.7. The quantitative estimate of drug-likeness (QED) is 0.358. The van der Waals surface area contributed by atoms with Crippen LogP contribution in [0.15, 0.2) is 60.7 Å². The van der Waals surface area contributed by atoms with E-state index in [9.17, 15) is 19.2 Å². The first-order chi connectivity index (χ1) is 15.8. The minimum absolute atomic E-state index is 0.0174. The summed E-state index contributed by atoms with van der Waals surface area (Å²) in [5.74, 6) is -2.92. The lowest BCUT2D eigenvalue weighted by Gasteiger charge is -2.35. The van der Waals surface area contributed by atoms with Crippen molar-refractivity contribution in [1.82, 2.24) is 10.0 Å². The van der Waals surface area contributed by atoms with E-state index < -0.39 is 41.4 Å². The van der Waals surface area contributed by atoms with Crippen LogP contribution in [0.5, 0.6) is 0 Å². The van der Waals surface area contributed by atoms with Crippen molar-refractivity contribution < 1.29 is 19.2 Å². The van der Waals surface area contributed by atoms with Gasteiger partial charge in [0.2, 0.25) is 0 Å². The Bertz CT molecular complexity index is 1160. The molecule has 168 valence electrons. The smallest absolute Gasteiger partial charge is 0.273 e. The number of fused-ring (bicyclic) bond motifs is 5. The molecule has 6 nitrogen and oxygen atoms in total. The van der Waals surface area contributed by atoms with Gasteiger partial charge in [-0.15, -0.1) is 0 Å². The van der Waals surface area contributed by atoms with E-state index in [1.165, 1.54) is 19.1 Å². The van der Waals surface area contributed by atoms with Gasteiger partial charge in [0, 0.05) is 21.2 Å². The molecule has 5 atom stereocenters. The molecule has 33 heavy (non-hydrogen) atoms. The van der Waals surface area contributed by atoms with E-state index in [4.69, 9.17) is 23.2 Å². The zero-order valence-corrected chi connectivity index (χ0v) is 19.2. The van der Waals surface area contributed by atoms with Gasteiger partial charge in [0.05, 0.1) is 11.8 Å². The van der Waals surface area contributed by atoms with Gasteiger partial charge in [-0.3, -0.25) is 19.2 Å². The second-order valence-electron chi connectivity index (χ2n) is 8.69. The molecule has 1 aliphatic heterocycles. The van der Waals surface area contributed by atoms with Crippen LogP contribution in [0.4, 0.5) is 0 Å². The average molecular weight is 483 g/mol. The number of halogens is 2. The SMILES string of the molecule is C[C@H](C(=O)c1ccc(Cl)cc1)N(C(=O)c1ccc(Cl)cc1)N1C(=O)[C@H]2[C@H](C1=O)[C@H]1C=C[C@H]2C1. The largest absolute Gasteiger partial charge is 0.292 e. The Morgan fingerprint density at radius 1 is 0.848 bits per heavy atom. The number of hydrazine groups is 1. The molecule has 2 aliphatic carbocycles. The molecule has 1 heterocycles. The first-order valence-electron chi connectivity index (χ1n) is 10.7. The summed E-state index contributed by atoms with van der Waals surface area (Å²) in [6.07, 6.45) is 4.73. The second-order valence-corrected chi connectivity index (χ2v) is 9.56. The number of carbonyl (C=O) groups is 4. The standard InChI is InChI=1S/C25H20Cl2N2O4/c1-13(22(30)14-4-8-18(26)9-5-14)28(23(31)15-6-10-19(27)11-7-15)29-24(32)20-16-2-3-17(12-16)21(20)25(29)33/h2-11,13,16-17,20-21H,12H2,1H3/t13-,16+,17+,20-,21-/m1/s1. The Morgan fingerprint density at radius 3 is 1.79 bits per heavy atom. The van der Waals surface area contributed by atoms with Crippen LogP contribution >= 0.6 is 23.2 Å². The molecule has 1 saturated heterocycles. The summed E-state index contributed by atoms with van der Waals surface area (Å²) in [5.41, 5.74) is 0.538. The molecule has 0 spiro atoms. The van der Waals surface area contributed by atoms with Gasteiger partial charge in [-0.2, -0.15) is 5.01 Å². The lowest BCUT2D eigenvalue weighted by molar-refractivity contribution is -0.157. The van der Waals surface area contributed by atoms with Crippen molar-refractivity contribution in [2.45, 2.75) is 19.4 Å². The normalized spacial score (nSPS) is 26.0. The van der Waals surface area contributed by atoms with Gasteiger partial charge in [-0.25, -0.2) is 5.01 Å². The van der Waals surface area contributed by atoms with E-state index in [1.54, 1.807) is 36.4 Å². The van der Waals surface area contributed by atoms with Crippen molar-refractivity contribution in [3.63, 3.8) is 0 Å². The van der Waals surface area contributed by atoms with Crippen LogP contribution < -0.4 is 0 Å². The van der Waals surface area contributed by atoms with Crippen LogP contribution in [0, 0.1) is 23.7 Å². The highest BCUT2D eigenvalue weighted by Crippen LogP contribution is 2.53. The fraction of sp³-hybridized carbons (Fsp3) is 0.280. The number of nitrogens with zero attached hydrogens (tertiary/aromatic N) is 2. The van der Waals surface area contributed by atoms with Crippen molar-refractivity contribution in [2.24, 2.45) is 23.7 Å². The predicted octanol–water partition coefficient (Wildman–Crippen LogP) is 4.43. The topological polar surface area (TPSA) is 74.8 Å². The molecule has 2 bridgehead atoms. The molecule has 3 aliphatic rings. The number of carbonyl (C=O) groups excluding carboxylic acids is 4. The number of Topliss-reactive ketones (excluding diaryl/α,β-unsaturated/α-hetero) is 1. The highest BCUT2D eigenvalue weighted by atomic mass is 35.5. The molecule has 2 aromatic rings. The van der Waals surface area contributed by atoms with Gasteiger partial charge in [-0.1, -0.05) is 35.4 Å². The number of amides is 3. The summed E-state index contributed by atoms with van der Waals surface area (Å²) < 4.78 is 0. The maximum atomic E-state index is 13.6. The van der Waals surface area contributed by atoms with E-state index in [0.717, 1.165) is 16.4 Å². The lowest BCUT2D eigenvalue weighted by Crippen LogP contribution is -2.56. The first kappa shape index (κ1) is 21.9. The maximum absolute atomic E-state index is 13.6. The van der Waals surface area contributed by atoms with Gasteiger partial charge in [0.1, 0.15) is 6.04 Å². The molecule has 8 heteroatoms. The Kier molecular flexibility index (Phi) is 5.38. The summed E-state index contributed by atoms with van der Waals surface area (Å²) in [6, 6.07) is 11.3.